The van der Waals surface area contributed by atoms with E-state index in [9.17, 15) is 4.79 Å². The molecule has 8 rings (SSSR count). The number of carbonyl (C=O) groups is 1. The third kappa shape index (κ3) is 10.0. The molecule has 0 unspecified atom stereocenters. The van der Waals surface area contributed by atoms with Crippen LogP contribution in [0.1, 0.15) is 22.3 Å². The number of allylic oxidation sites excluding steroid dienone is 2. The summed E-state index contributed by atoms with van der Waals surface area (Å²) in [5.41, 5.74) is 13.3. The molecule has 0 aliphatic heterocycles. The van der Waals surface area contributed by atoms with Gasteiger partial charge < -0.3 is 9.47 Å². The molecule has 0 aliphatic rings. The molecule has 0 heterocycles. The molecule has 3 heteroatoms. The van der Waals surface area contributed by atoms with Crippen molar-refractivity contribution in [2.75, 3.05) is 0 Å². The lowest BCUT2D eigenvalue weighted by Crippen LogP contribution is -1.97. The van der Waals surface area contributed by atoms with Gasteiger partial charge in [-0.05, 0) is 140 Å². The highest BCUT2D eigenvalue weighted by Gasteiger charge is 2.09. The molecule has 0 aromatic heterocycles. The predicted octanol–water partition coefficient (Wildman–Crippen LogP) is 13.8. The first-order valence-corrected chi connectivity index (χ1v) is 19.5. The van der Waals surface area contributed by atoms with Gasteiger partial charge in [0.1, 0.15) is 24.7 Å². The summed E-state index contributed by atoms with van der Waals surface area (Å²) in [6, 6.07) is 70.4. The monoisotopic (exact) mass is 750 g/mol. The Hall–Kier alpha value is -7.49. The van der Waals surface area contributed by atoms with Crippen LogP contribution in [-0.2, 0) is 18.0 Å². The Balaban J connectivity index is 0.854. The molecule has 58 heavy (non-hydrogen) atoms. The van der Waals surface area contributed by atoms with Crippen LogP contribution in [0, 0.1) is 0 Å². The smallest absolute Gasteiger partial charge is 0.178 e. The van der Waals surface area contributed by atoms with E-state index >= 15 is 0 Å². The first kappa shape index (κ1) is 37.4. The van der Waals surface area contributed by atoms with E-state index < -0.39 is 0 Å². The zero-order chi connectivity index (χ0) is 39.4. The molecule has 0 amide bonds. The van der Waals surface area contributed by atoms with Gasteiger partial charge in [-0.25, -0.2) is 0 Å². The van der Waals surface area contributed by atoms with Crippen LogP contribution in [0.2, 0.25) is 0 Å². The van der Waals surface area contributed by atoms with Crippen LogP contribution in [0.25, 0.3) is 56.7 Å². The SMILES string of the molecule is O=C(/C=C/c1ccc(OCc2cc(-c3ccccc3)cc(-c3ccccc3)c2)cc1)/C=C/c1ccc(OCc2cc(-c3ccccc3)cc(-c3ccccc3)c2)cc1. The molecular weight excluding hydrogens is 709 g/mol. The van der Waals surface area contributed by atoms with Gasteiger partial charge in [0, 0.05) is 0 Å². The van der Waals surface area contributed by atoms with Crippen molar-refractivity contribution in [2.45, 2.75) is 13.2 Å². The van der Waals surface area contributed by atoms with Gasteiger partial charge in [-0.15, -0.1) is 0 Å². The Morgan fingerprint density at radius 3 is 0.931 bits per heavy atom. The van der Waals surface area contributed by atoms with Gasteiger partial charge in [0.25, 0.3) is 0 Å². The molecule has 8 aromatic rings. The van der Waals surface area contributed by atoms with Gasteiger partial charge in [0.15, 0.2) is 5.78 Å². The maximum absolute atomic E-state index is 12.7. The minimum absolute atomic E-state index is 0.0966. The summed E-state index contributed by atoms with van der Waals surface area (Å²) < 4.78 is 12.4. The number of rotatable bonds is 14. The third-order valence-electron chi connectivity index (χ3n) is 9.87. The lowest BCUT2D eigenvalue weighted by molar-refractivity contribution is -0.110. The molecule has 0 fully saturated rings. The Morgan fingerprint density at radius 2 is 0.638 bits per heavy atom. The normalized spacial score (nSPS) is 11.2. The number of benzene rings is 8. The highest BCUT2D eigenvalue weighted by Crippen LogP contribution is 2.31. The van der Waals surface area contributed by atoms with Crippen molar-refractivity contribution in [3.05, 3.63) is 241 Å². The summed E-state index contributed by atoms with van der Waals surface area (Å²) in [7, 11) is 0. The van der Waals surface area contributed by atoms with Crippen LogP contribution in [-0.4, -0.2) is 5.78 Å². The standard InChI is InChI=1S/C55H42O3/c56-53(27-21-41-23-29-54(30-24-41)57-39-43-33-49(45-13-5-1-6-14-45)37-50(34-43)46-15-7-2-8-16-46)28-22-42-25-31-55(32-26-42)58-40-44-35-51(47-17-9-3-10-18-47)38-52(36-44)48-19-11-4-12-20-48/h1-38H,39-40H2/b27-21+,28-22+. The summed E-state index contributed by atoms with van der Waals surface area (Å²) in [4.78, 5) is 12.7. The van der Waals surface area contributed by atoms with Crippen molar-refractivity contribution in [3.8, 4) is 56.0 Å². The van der Waals surface area contributed by atoms with E-state index in [0.29, 0.717) is 13.2 Å². The second kappa shape index (κ2) is 18.4. The maximum Gasteiger partial charge on any atom is 0.178 e. The topological polar surface area (TPSA) is 35.5 Å². The minimum Gasteiger partial charge on any atom is -0.489 e. The molecule has 280 valence electrons. The molecule has 8 aromatic carbocycles. The van der Waals surface area contributed by atoms with Crippen LogP contribution in [0.5, 0.6) is 11.5 Å². The lowest BCUT2D eigenvalue weighted by atomic mass is 9.96. The van der Waals surface area contributed by atoms with E-state index in [0.717, 1.165) is 56.0 Å². The van der Waals surface area contributed by atoms with Crippen molar-refractivity contribution < 1.29 is 14.3 Å². The summed E-state index contributed by atoms with van der Waals surface area (Å²) in [6.07, 6.45) is 6.80. The first-order chi connectivity index (χ1) is 28.6. The Kier molecular flexibility index (Phi) is 11.9. The van der Waals surface area contributed by atoms with E-state index in [2.05, 4.69) is 133 Å². The van der Waals surface area contributed by atoms with E-state index in [1.165, 1.54) is 22.3 Å². The number of ketones is 1. The molecule has 3 nitrogen and oxygen atoms in total. The summed E-state index contributed by atoms with van der Waals surface area (Å²) in [5.74, 6) is 1.43. The Bertz CT molecular complexity index is 2330. The highest BCUT2D eigenvalue weighted by molar-refractivity contribution is 6.04. The van der Waals surface area contributed by atoms with E-state index in [-0.39, 0.29) is 5.78 Å². The number of hydrogen-bond donors (Lipinski definition) is 0. The number of carbonyl (C=O) groups excluding carboxylic acids is 1. The fraction of sp³-hybridized carbons (Fsp3) is 0.0364. The highest BCUT2D eigenvalue weighted by atomic mass is 16.5. The van der Waals surface area contributed by atoms with Crippen molar-refractivity contribution in [2.24, 2.45) is 0 Å². The quantitative estimate of drug-likeness (QED) is 0.104. The van der Waals surface area contributed by atoms with Gasteiger partial charge >= 0.3 is 0 Å². The summed E-state index contributed by atoms with van der Waals surface area (Å²) in [6.45, 7) is 0.870. The molecule has 0 bridgehead atoms. The zero-order valence-electron chi connectivity index (χ0n) is 32.1. The Morgan fingerprint density at radius 1 is 0.345 bits per heavy atom. The molecule has 0 saturated heterocycles. The molecule has 0 aliphatic carbocycles. The van der Waals surface area contributed by atoms with Gasteiger partial charge in [0.05, 0.1) is 0 Å². The van der Waals surface area contributed by atoms with Crippen LogP contribution < -0.4 is 9.47 Å². The Labute approximate surface area is 340 Å². The molecule has 0 radical (unpaired) electrons. The fourth-order valence-electron chi connectivity index (χ4n) is 6.84. The fourth-order valence-corrected chi connectivity index (χ4v) is 6.84. The number of hydrogen-bond acceptors (Lipinski definition) is 3. The molecule has 0 atom stereocenters. The average molecular weight is 751 g/mol. The third-order valence-corrected chi connectivity index (χ3v) is 9.87. The van der Waals surface area contributed by atoms with Gasteiger partial charge in [-0.2, -0.15) is 0 Å². The van der Waals surface area contributed by atoms with E-state index in [1.54, 1.807) is 12.2 Å². The van der Waals surface area contributed by atoms with Crippen molar-refractivity contribution in [3.63, 3.8) is 0 Å². The van der Waals surface area contributed by atoms with Crippen molar-refractivity contribution in [1.82, 2.24) is 0 Å². The first-order valence-electron chi connectivity index (χ1n) is 19.5. The van der Waals surface area contributed by atoms with E-state index in [1.807, 2.05) is 84.9 Å². The molecule has 0 saturated carbocycles. The van der Waals surface area contributed by atoms with Gasteiger partial charge in [-0.1, -0.05) is 158 Å². The summed E-state index contributed by atoms with van der Waals surface area (Å²) in [5, 5.41) is 0. The number of ether oxygens (including phenoxy) is 2. The molecule has 0 spiro atoms. The minimum atomic E-state index is -0.0966. The summed E-state index contributed by atoms with van der Waals surface area (Å²) >= 11 is 0. The second-order valence-corrected chi connectivity index (χ2v) is 14.1. The second-order valence-electron chi connectivity index (χ2n) is 14.1. The lowest BCUT2D eigenvalue weighted by Gasteiger charge is -2.12. The van der Waals surface area contributed by atoms with Crippen LogP contribution in [0.3, 0.4) is 0 Å². The zero-order valence-corrected chi connectivity index (χ0v) is 32.1. The van der Waals surface area contributed by atoms with Crippen molar-refractivity contribution in [1.29, 1.82) is 0 Å². The van der Waals surface area contributed by atoms with Crippen molar-refractivity contribution >= 4 is 17.9 Å². The van der Waals surface area contributed by atoms with Gasteiger partial charge in [0.2, 0.25) is 0 Å². The predicted molar refractivity (Wildman–Crippen MR) is 239 cm³/mol. The van der Waals surface area contributed by atoms with E-state index in [4.69, 9.17) is 9.47 Å². The molecular formula is C55H42O3. The maximum atomic E-state index is 12.7. The van der Waals surface area contributed by atoms with Crippen LogP contribution >= 0.6 is 0 Å². The van der Waals surface area contributed by atoms with Crippen LogP contribution in [0.15, 0.2) is 218 Å². The average Bonchev–Trinajstić information content (AvgIpc) is 3.30. The molecule has 0 N–H and O–H groups in total. The largest absolute Gasteiger partial charge is 0.489 e. The van der Waals surface area contributed by atoms with Crippen LogP contribution in [0.4, 0.5) is 0 Å². The van der Waals surface area contributed by atoms with Gasteiger partial charge in [-0.3, -0.25) is 4.79 Å².